The Hall–Kier alpha value is -1.17. The van der Waals surface area contributed by atoms with Crippen molar-refractivity contribution in [1.82, 2.24) is 0 Å². The highest BCUT2D eigenvalue weighted by molar-refractivity contribution is 5.73. The van der Waals surface area contributed by atoms with Gasteiger partial charge in [0, 0.05) is 0 Å². The van der Waals surface area contributed by atoms with Gasteiger partial charge in [-0.05, 0) is 46.0 Å². The summed E-state index contributed by atoms with van der Waals surface area (Å²) in [6.45, 7) is 5.36. The Labute approximate surface area is 164 Å². The van der Waals surface area contributed by atoms with Gasteiger partial charge in [0.25, 0.3) is 0 Å². The zero-order valence-corrected chi connectivity index (χ0v) is 17.3. The minimum atomic E-state index is -1.32. The van der Waals surface area contributed by atoms with Gasteiger partial charge in [-0.2, -0.15) is 0 Å². The summed E-state index contributed by atoms with van der Waals surface area (Å²) in [4.78, 5) is 11.1. The van der Waals surface area contributed by atoms with E-state index in [9.17, 15) is 20.1 Å². The summed E-state index contributed by atoms with van der Waals surface area (Å²) < 4.78 is 0. The number of aliphatic hydroxyl groups excluding tert-OH is 3. The van der Waals surface area contributed by atoms with Crippen molar-refractivity contribution >= 4 is 5.97 Å². The van der Waals surface area contributed by atoms with Gasteiger partial charge in [0.1, 0.15) is 12.2 Å². The number of unbranched alkanes of at least 4 members (excludes halogenated alkanes) is 6. The lowest BCUT2D eigenvalue weighted by Crippen LogP contribution is -2.37. The van der Waals surface area contributed by atoms with Gasteiger partial charge in [0.05, 0.1) is 11.5 Å². The highest BCUT2D eigenvalue weighted by atomic mass is 16.4. The lowest BCUT2D eigenvalue weighted by Gasteiger charge is -2.24. The fraction of sp³-hybridized carbons (Fsp3) is 0.773. The molecule has 0 fully saturated rings. The van der Waals surface area contributed by atoms with E-state index in [-0.39, 0.29) is 12.8 Å². The summed E-state index contributed by atoms with van der Waals surface area (Å²) in [7, 11) is 0. The molecule has 0 radical (unpaired) electrons. The number of aliphatic carboxylic acids is 1. The predicted molar refractivity (Wildman–Crippen MR) is 110 cm³/mol. The van der Waals surface area contributed by atoms with E-state index in [4.69, 9.17) is 5.11 Å². The van der Waals surface area contributed by atoms with Gasteiger partial charge in [-0.15, -0.1) is 0 Å². The van der Waals surface area contributed by atoms with Crippen LogP contribution in [0.1, 0.15) is 85.0 Å². The molecular weight excluding hydrogens is 344 g/mol. The molecule has 5 nitrogen and oxygen atoms in total. The van der Waals surface area contributed by atoms with E-state index in [0.29, 0.717) is 6.42 Å². The molecule has 0 aromatic carbocycles. The van der Waals surface area contributed by atoms with Gasteiger partial charge in [-0.25, -0.2) is 0 Å². The first kappa shape index (κ1) is 25.8. The molecule has 0 aliphatic carbocycles. The van der Waals surface area contributed by atoms with Crippen LogP contribution in [-0.2, 0) is 4.79 Å². The fourth-order valence-electron chi connectivity index (χ4n) is 2.68. The van der Waals surface area contributed by atoms with Crippen LogP contribution in [0, 0.1) is 5.41 Å². The Morgan fingerprint density at radius 3 is 2.22 bits per heavy atom. The molecule has 0 aliphatic heterocycles. The van der Waals surface area contributed by atoms with Gasteiger partial charge in [0.2, 0.25) is 0 Å². The van der Waals surface area contributed by atoms with Crippen molar-refractivity contribution < 1.29 is 25.2 Å². The second-order valence-electron chi connectivity index (χ2n) is 7.97. The van der Waals surface area contributed by atoms with Crippen molar-refractivity contribution in [1.29, 1.82) is 0 Å². The number of carbonyl (C=O) groups is 1. The summed E-state index contributed by atoms with van der Waals surface area (Å²) in [5.74, 6) is -0.947. The third-order valence-corrected chi connectivity index (χ3v) is 4.88. The Morgan fingerprint density at radius 2 is 1.59 bits per heavy atom. The second kappa shape index (κ2) is 14.8. The fourth-order valence-corrected chi connectivity index (χ4v) is 2.68. The molecular formula is C22H40O5. The van der Waals surface area contributed by atoms with E-state index < -0.39 is 29.7 Å². The summed E-state index contributed by atoms with van der Waals surface area (Å²) >= 11 is 0. The molecule has 5 heteroatoms. The number of carboxylic acids is 1. The molecule has 0 spiro atoms. The summed E-state index contributed by atoms with van der Waals surface area (Å²) in [5.41, 5.74) is -0.970. The molecule has 0 bridgehead atoms. The minimum absolute atomic E-state index is 0.115. The molecule has 3 unspecified atom stereocenters. The first-order valence-corrected chi connectivity index (χ1v) is 10.3. The molecule has 0 heterocycles. The molecule has 27 heavy (non-hydrogen) atoms. The number of rotatable bonds is 16. The molecule has 4 N–H and O–H groups in total. The number of carboxylic acid groups (broad SMARTS) is 1. The van der Waals surface area contributed by atoms with Crippen LogP contribution in [0.5, 0.6) is 0 Å². The topological polar surface area (TPSA) is 98.0 Å². The molecule has 0 rings (SSSR count). The van der Waals surface area contributed by atoms with Crippen LogP contribution >= 0.6 is 0 Å². The third-order valence-electron chi connectivity index (χ3n) is 4.88. The van der Waals surface area contributed by atoms with Gasteiger partial charge in [0.15, 0.2) is 0 Å². The van der Waals surface area contributed by atoms with Crippen LogP contribution in [0.4, 0.5) is 0 Å². The van der Waals surface area contributed by atoms with Gasteiger partial charge < -0.3 is 20.4 Å². The minimum Gasteiger partial charge on any atom is -0.481 e. The van der Waals surface area contributed by atoms with Gasteiger partial charge in [-0.3, -0.25) is 4.79 Å². The standard InChI is InChI=1S/C22H40O5/c1-4-5-6-7-8-9-10-11-12-13-14-15-18(23)20(25)19(24)16-17-22(2,3)21(26)27/h11-12,14-15,18-20,23-25H,4-10,13,16-17H2,1-3H3,(H,26,27)/b12-11-,15-14-. The molecule has 158 valence electrons. The number of allylic oxidation sites excluding steroid dienone is 3. The van der Waals surface area contributed by atoms with Crippen molar-refractivity contribution in [2.24, 2.45) is 5.41 Å². The van der Waals surface area contributed by atoms with E-state index in [2.05, 4.69) is 13.0 Å². The summed E-state index contributed by atoms with van der Waals surface area (Å²) in [6, 6.07) is 0. The van der Waals surface area contributed by atoms with Crippen LogP contribution in [0.15, 0.2) is 24.3 Å². The number of hydrogen-bond donors (Lipinski definition) is 4. The number of aliphatic hydroxyl groups is 3. The van der Waals surface area contributed by atoms with E-state index in [1.54, 1.807) is 19.9 Å². The molecule has 0 aliphatic rings. The Morgan fingerprint density at radius 1 is 0.963 bits per heavy atom. The quantitative estimate of drug-likeness (QED) is 0.236. The van der Waals surface area contributed by atoms with Gasteiger partial charge >= 0.3 is 5.97 Å². The van der Waals surface area contributed by atoms with Crippen molar-refractivity contribution in [2.45, 2.75) is 103 Å². The zero-order chi connectivity index (χ0) is 20.7. The third kappa shape index (κ3) is 12.8. The number of hydrogen-bond acceptors (Lipinski definition) is 4. The summed E-state index contributed by atoms with van der Waals surface area (Å²) in [6.07, 6.45) is 13.5. The molecule has 0 aromatic rings. The average molecular weight is 385 g/mol. The summed E-state index contributed by atoms with van der Waals surface area (Å²) in [5, 5.41) is 38.9. The largest absolute Gasteiger partial charge is 0.481 e. The monoisotopic (exact) mass is 384 g/mol. The van der Waals surface area contributed by atoms with Crippen molar-refractivity contribution in [3.8, 4) is 0 Å². The molecule has 0 amide bonds. The average Bonchev–Trinajstić information content (AvgIpc) is 2.63. The van der Waals surface area contributed by atoms with Crippen LogP contribution in [-0.4, -0.2) is 44.7 Å². The van der Waals surface area contributed by atoms with Crippen molar-refractivity contribution in [3.63, 3.8) is 0 Å². The lowest BCUT2D eigenvalue weighted by atomic mass is 9.85. The molecule has 0 aromatic heterocycles. The zero-order valence-electron chi connectivity index (χ0n) is 17.3. The Balaban J connectivity index is 3.98. The highest BCUT2D eigenvalue weighted by Gasteiger charge is 2.30. The molecule has 0 saturated carbocycles. The van der Waals surface area contributed by atoms with E-state index in [0.717, 1.165) is 6.42 Å². The first-order valence-electron chi connectivity index (χ1n) is 10.3. The predicted octanol–water partition coefficient (Wildman–Crippen LogP) is 4.21. The normalized spacial score (nSPS) is 16.1. The van der Waals surface area contributed by atoms with Crippen molar-refractivity contribution in [3.05, 3.63) is 24.3 Å². The second-order valence-corrected chi connectivity index (χ2v) is 7.97. The van der Waals surface area contributed by atoms with Crippen LogP contribution in [0.25, 0.3) is 0 Å². The van der Waals surface area contributed by atoms with E-state index in [1.807, 2.05) is 6.08 Å². The van der Waals surface area contributed by atoms with Crippen LogP contribution in [0.2, 0.25) is 0 Å². The van der Waals surface area contributed by atoms with E-state index >= 15 is 0 Å². The maximum atomic E-state index is 11.1. The first-order chi connectivity index (χ1) is 12.7. The van der Waals surface area contributed by atoms with Crippen LogP contribution < -0.4 is 0 Å². The van der Waals surface area contributed by atoms with Crippen molar-refractivity contribution in [2.75, 3.05) is 0 Å². The Kier molecular flexibility index (Phi) is 14.2. The molecule has 0 saturated heterocycles. The maximum Gasteiger partial charge on any atom is 0.309 e. The SMILES string of the molecule is CCCCCCCC/C=C\C/C=C\C(O)C(O)C(O)CCC(C)(C)C(=O)O. The highest BCUT2D eigenvalue weighted by Crippen LogP contribution is 2.24. The van der Waals surface area contributed by atoms with Gasteiger partial charge in [-0.1, -0.05) is 63.3 Å². The van der Waals surface area contributed by atoms with Crippen LogP contribution in [0.3, 0.4) is 0 Å². The van der Waals surface area contributed by atoms with E-state index in [1.165, 1.54) is 44.6 Å². The smallest absolute Gasteiger partial charge is 0.309 e. The maximum absolute atomic E-state index is 11.1. The lowest BCUT2D eigenvalue weighted by molar-refractivity contribution is -0.147. The molecule has 3 atom stereocenters. The Bertz CT molecular complexity index is 442.